The molecule has 0 bridgehead atoms. The van der Waals surface area contributed by atoms with Crippen LogP contribution in [0.3, 0.4) is 0 Å². The summed E-state index contributed by atoms with van der Waals surface area (Å²) in [7, 11) is 1.38. The van der Waals surface area contributed by atoms with E-state index in [-0.39, 0.29) is 17.6 Å². The van der Waals surface area contributed by atoms with Crippen LogP contribution in [0.2, 0.25) is 0 Å². The Morgan fingerprint density at radius 2 is 2.11 bits per heavy atom. The molecule has 0 saturated carbocycles. The summed E-state index contributed by atoms with van der Waals surface area (Å²) in [6, 6.07) is 1.96. The number of amides is 1. The summed E-state index contributed by atoms with van der Waals surface area (Å²) in [6.07, 6.45) is 6.66. The molecule has 1 amide bonds. The minimum Gasteiger partial charge on any atom is -0.465 e. The number of aryl methyl sites for hydroxylation is 1. The Morgan fingerprint density at radius 3 is 2.96 bits per heavy atom. The lowest BCUT2D eigenvalue weighted by Gasteiger charge is -2.07. The van der Waals surface area contributed by atoms with Crippen molar-refractivity contribution in [2.75, 3.05) is 18.2 Å². The third-order valence-corrected chi connectivity index (χ3v) is 7.66. The van der Waals surface area contributed by atoms with E-state index in [1.165, 1.54) is 41.4 Å². The monoisotopic (exact) mass is 433 g/mol. The van der Waals surface area contributed by atoms with Gasteiger partial charge in [0, 0.05) is 10.3 Å². The van der Waals surface area contributed by atoms with Crippen LogP contribution < -0.4 is 5.32 Å². The second-order valence-electron chi connectivity index (χ2n) is 6.42. The first-order valence-corrected chi connectivity index (χ1v) is 11.7. The maximum absolute atomic E-state index is 12.6. The van der Waals surface area contributed by atoms with E-state index in [2.05, 4.69) is 15.3 Å². The van der Waals surface area contributed by atoms with Gasteiger partial charge in [-0.3, -0.25) is 4.79 Å². The van der Waals surface area contributed by atoms with Crippen LogP contribution in [-0.2, 0) is 22.4 Å². The van der Waals surface area contributed by atoms with Crippen LogP contribution >= 0.6 is 34.4 Å². The molecule has 4 rings (SSSR count). The molecule has 1 aliphatic carbocycles. The van der Waals surface area contributed by atoms with E-state index >= 15 is 0 Å². The van der Waals surface area contributed by atoms with Crippen LogP contribution in [0.4, 0.5) is 5.00 Å². The molecule has 1 N–H and O–H groups in total. The first-order valence-electron chi connectivity index (χ1n) is 9.01. The fourth-order valence-electron chi connectivity index (χ4n) is 3.33. The van der Waals surface area contributed by atoms with E-state index in [4.69, 9.17) is 4.74 Å². The second kappa shape index (κ2) is 8.59. The van der Waals surface area contributed by atoms with Gasteiger partial charge in [-0.1, -0.05) is 18.2 Å². The standard InChI is InChI=1S/C19H19N3O3S3/c1-25-19(24)15-11-5-3-2-4-6-13(11)28-18(15)22-14(23)9-27-17-12-7-8-26-16(12)20-10-21-17/h7-8,10H,2-6,9H2,1H3,(H,22,23). The highest BCUT2D eigenvalue weighted by Gasteiger charge is 2.26. The van der Waals surface area contributed by atoms with E-state index in [9.17, 15) is 9.59 Å². The largest absolute Gasteiger partial charge is 0.465 e. The summed E-state index contributed by atoms with van der Waals surface area (Å²) in [4.78, 5) is 35.6. The second-order valence-corrected chi connectivity index (χ2v) is 9.38. The van der Waals surface area contributed by atoms with E-state index < -0.39 is 0 Å². The van der Waals surface area contributed by atoms with Crippen molar-refractivity contribution in [3.05, 3.63) is 33.8 Å². The summed E-state index contributed by atoms with van der Waals surface area (Å²) in [5.41, 5.74) is 1.58. The molecule has 6 nitrogen and oxygen atoms in total. The molecule has 3 aromatic rings. The number of hydrogen-bond donors (Lipinski definition) is 1. The Balaban J connectivity index is 1.51. The van der Waals surface area contributed by atoms with Gasteiger partial charge in [-0.25, -0.2) is 14.8 Å². The van der Waals surface area contributed by atoms with Crippen molar-refractivity contribution < 1.29 is 14.3 Å². The van der Waals surface area contributed by atoms with Gasteiger partial charge >= 0.3 is 5.97 Å². The summed E-state index contributed by atoms with van der Waals surface area (Å²) >= 11 is 4.43. The molecule has 0 atom stereocenters. The number of nitrogens with one attached hydrogen (secondary N) is 1. The van der Waals surface area contributed by atoms with Crippen molar-refractivity contribution >= 4 is 61.5 Å². The lowest BCUT2D eigenvalue weighted by molar-refractivity contribution is -0.113. The number of rotatable bonds is 5. The lowest BCUT2D eigenvalue weighted by atomic mass is 10.1. The van der Waals surface area contributed by atoms with E-state index in [0.717, 1.165) is 52.9 Å². The average molecular weight is 434 g/mol. The topological polar surface area (TPSA) is 81.2 Å². The van der Waals surface area contributed by atoms with Crippen LogP contribution in [0.25, 0.3) is 10.2 Å². The number of hydrogen-bond acceptors (Lipinski definition) is 8. The number of carbonyl (C=O) groups is 2. The zero-order valence-electron chi connectivity index (χ0n) is 15.3. The van der Waals surface area contributed by atoms with Gasteiger partial charge in [-0.05, 0) is 42.7 Å². The quantitative estimate of drug-likeness (QED) is 0.275. The predicted octanol–water partition coefficient (Wildman–Crippen LogP) is 4.54. The number of methoxy groups -OCH3 is 1. The maximum Gasteiger partial charge on any atom is 0.341 e. The smallest absolute Gasteiger partial charge is 0.341 e. The first-order chi connectivity index (χ1) is 13.7. The van der Waals surface area contributed by atoms with Gasteiger partial charge in [0.05, 0.1) is 18.4 Å². The molecule has 1 aliphatic rings. The Morgan fingerprint density at radius 1 is 1.25 bits per heavy atom. The van der Waals surface area contributed by atoms with Gasteiger partial charge in [0.1, 0.15) is 21.2 Å². The minimum atomic E-state index is -0.377. The van der Waals surface area contributed by atoms with Gasteiger partial charge in [-0.15, -0.1) is 22.7 Å². The number of thiophene rings is 2. The Labute approximate surface area is 174 Å². The molecule has 0 saturated heterocycles. The molecule has 9 heteroatoms. The molecule has 0 radical (unpaired) electrons. The van der Waals surface area contributed by atoms with Gasteiger partial charge in [0.15, 0.2) is 0 Å². The van der Waals surface area contributed by atoms with Crippen molar-refractivity contribution in [3.63, 3.8) is 0 Å². The average Bonchev–Trinajstić information content (AvgIpc) is 3.24. The van der Waals surface area contributed by atoms with E-state index in [1.807, 2.05) is 11.4 Å². The molecular weight excluding hydrogens is 414 g/mol. The molecule has 0 aliphatic heterocycles. The highest BCUT2D eigenvalue weighted by molar-refractivity contribution is 8.00. The Hall–Kier alpha value is -1.97. The molecule has 146 valence electrons. The lowest BCUT2D eigenvalue weighted by Crippen LogP contribution is -2.16. The van der Waals surface area contributed by atoms with Gasteiger partial charge in [0.25, 0.3) is 0 Å². The Kier molecular flexibility index (Phi) is 5.93. The zero-order chi connectivity index (χ0) is 19.5. The molecule has 0 aromatic carbocycles. The zero-order valence-corrected chi connectivity index (χ0v) is 17.8. The van der Waals surface area contributed by atoms with Crippen LogP contribution in [-0.4, -0.2) is 34.7 Å². The van der Waals surface area contributed by atoms with Crippen molar-refractivity contribution in [1.82, 2.24) is 9.97 Å². The number of thioether (sulfide) groups is 1. The van der Waals surface area contributed by atoms with Crippen LogP contribution in [0.15, 0.2) is 22.8 Å². The SMILES string of the molecule is COC(=O)c1c(NC(=O)CSc2ncnc3sccc23)sc2c1CCCCC2. The fourth-order valence-corrected chi connectivity index (χ4v) is 6.20. The summed E-state index contributed by atoms with van der Waals surface area (Å²) < 4.78 is 4.99. The highest BCUT2D eigenvalue weighted by Crippen LogP contribution is 2.38. The first kappa shape index (κ1) is 19.4. The van der Waals surface area contributed by atoms with E-state index in [0.29, 0.717) is 10.6 Å². The molecule has 28 heavy (non-hydrogen) atoms. The number of anilines is 1. The number of fused-ring (bicyclic) bond motifs is 2. The maximum atomic E-state index is 12.6. The third kappa shape index (κ3) is 3.92. The van der Waals surface area contributed by atoms with Crippen LogP contribution in [0.1, 0.15) is 40.1 Å². The highest BCUT2D eigenvalue weighted by atomic mass is 32.2. The third-order valence-electron chi connectivity index (χ3n) is 4.63. The number of esters is 1. The summed E-state index contributed by atoms with van der Waals surface area (Å²) in [5, 5.41) is 7.25. The van der Waals surface area contributed by atoms with Gasteiger partial charge < -0.3 is 10.1 Å². The minimum absolute atomic E-state index is 0.159. The van der Waals surface area contributed by atoms with Crippen molar-refractivity contribution in [1.29, 1.82) is 0 Å². The van der Waals surface area contributed by atoms with Crippen molar-refractivity contribution in [2.45, 2.75) is 37.1 Å². The molecule has 3 aromatic heterocycles. The summed E-state index contributed by atoms with van der Waals surface area (Å²) in [5.74, 6) is -0.322. The van der Waals surface area contributed by atoms with Crippen LogP contribution in [0, 0.1) is 0 Å². The normalized spacial score (nSPS) is 13.8. The van der Waals surface area contributed by atoms with Crippen molar-refractivity contribution in [3.8, 4) is 0 Å². The molecule has 3 heterocycles. The molecule has 0 fully saturated rings. The molecular formula is C19H19N3O3S3. The molecule has 0 unspecified atom stereocenters. The van der Waals surface area contributed by atoms with Crippen molar-refractivity contribution in [2.24, 2.45) is 0 Å². The van der Waals surface area contributed by atoms with E-state index in [1.54, 1.807) is 11.3 Å². The number of aromatic nitrogens is 2. The Bertz CT molecular complexity index is 1030. The number of carbonyl (C=O) groups excluding carboxylic acids is 2. The number of nitrogens with zero attached hydrogens (tertiary/aromatic N) is 2. The van der Waals surface area contributed by atoms with Gasteiger partial charge in [-0.2, -0.15) is 0 Å². The number of ether oxygens (including phenoxy) is 1. The predicted molar refractivity (Wildman–Crippen MR) is 114 cm³/mol. The summed E-state index contributed by atoms with van der Waals surface area (Å²) in [6.45, 7) is 0. The van der Waals surface area contributed by atoms with Gasteiger partial charge in [0.2, 0.25) is 5.91 Å². The fraction of sp³-hybridized carbons (Fsp3) is 0.368. The van der Waals surface area contributed by atoms with Crippen LogP contribution in [0.5, 0.6) is 0 Å². The molecule has 0 spiro atoms.